The van der Waals surface area contributed by atoms with Crippen molar-refractivity contribution >= 4 is 12.4 Å². The molecule has 0 bridgehead atoms. The predicted octanol–water partition coefficient (Wildman–Crippen LogP) is -0.789. The van der Waals surface area contributed by atoms with Crippen molar-refractivity contribution in [3.05, 3.63) is 0 Å². The average Bonchev–Trinajstić information content (AvgIpc) is 1.99. The Bertz CT molecular complexity index is 135. The molecule has 0 atom stereocenters. The highest BCUT2D eigenvalue weighted by molar-refractivity contribution is 5.83. The van der Waals surface area contributed by atoms with E-state index in [9.17, 15) is 4.79 Å². The molecular formula is C5H11N3O2. The Balaban J connectivity index is 4.04. The molecule has 0 unspecified atom stereocenters. The molecular weight excluding hydrogens is 134 g/mol. The first-order valence-electron chi connectivity index (χ1n) is 2.72. The van der Waals surface area contributed by atoms with E-state index in [1.54, 1.807) is 14.1 Å². The topological polar surface area (TPSA) is 53.9 Å². The zero-order valence-corrected chi connectivity index (χ0v) is 6.29. The maximum Gasteiger partial charge on any atom is 0.315 e. The Morgan fingerprint density at radius 1 is 1.80 bits per heavy atom. The van der Waals surface area contributed by atoms with E-state index in [1.807, 2.05) is 0 Å². The first kappa shape index (κ1) is 8.74. The summed E-state index contributed by atoms with van der Waals surface area (Å²) in [5.74, 6) is 0. The molecule has 10 heavy (non-hydrogen) atoms. The third kappa shape index (κ3) is 2.34. The average molecular weight is 145 g/mol. The molecule has 5 heteroatoms. The summed E-state index contributed by atoms with van der Waals surface area (Å²) >= 11 is 0. The van der Waals surface area contributed by atoms with Gasteiger partial charge in [-0.3, -0.25) is 9.69 Å². The number of amides is 1. The van der Waals surface area contributed by atoms with Gasteiger partial charge in [0.1, 0.15) is 0 Å². The Labute approximate surface area is 59.6 Å². The van der Waals surface area contributed by atoms with Crippen LogP contribution in [0.15, 0.2) is 5.10 Å². The summed E-state index contributed by atoms with van der Waals surface area (Å²) in [4.78, 5) is 11.3. The maximum atomic E-state index is 10.1. The van der Waals surface area contributed by atoms with E-state index in [0.29, 0.717) is 6.41 Å². The quantitative estimate of drug-likeness (QED) is 0.240. The molecule has 0 spiro atoms. The maximum absolute atomic E-state index is 10.1. The molecule has 0 aromatic heterocycles. The smallest absolute Gasteiger partial charge is 0.315 e. The van der Waals surface area contributed by atoms with Crippen molar-refractivity contribution in [1.82, 2.24) is 10.3 Å². The van der Waals surface area contributed by atoms with Crippen LogP contribution in [0, 0.1) is 0 Å². The second kappa shape index (κ2) is 4.60. The van der Waals surface area contributed by atoms with Gasteiger partial charge in [0, 0.05) is 14.1 Å². The summed E-state index contributed by atoms with van der Waals surface area (Å²) < 4.78 is 4.73. The molecule has 0 aliphatic rings. The van der Waals surface area contributed by atoms with Crippen LogP contribution in [0.5, 0.6) is 0 Å². The molecule has 0 saturated carbocycles. The van der Waals surface area contributed by atoms with E-state index in [0.717, 1.165) is 0 Å². The van der Waals surface area contributed by atoms with Gasteiger partial charge in [0.25, 0.3) is 0 Å². The number of carbonyl (C=O) groups is 1. The monoisotopic (exact) mass is 145 g/mol. The van der Waals surface area contributed by atoms with Crippen LogP contribution in [-0.4, -0.2) is 38.5 Å². The van der Waals surface area contributed by atoms with Crippen LogP contribution in [-0.2, 0) is 9.53 Å². The van der Waals surface area contributed by atoms with E-state index in [1.165, 1.54) is 12.0 Å². The minimum atomic E-state index is 0.234. The standard InChI is InChI=1S/C5H11N3O2/c1-6-7-5(10-3)8(2)4-9/h4,6H,1-3H3/b7-5+. The second-order valence-electron chi connectivity index (χ2n) is 1.54. The number of amidine groups is 1. The number of rotatable bonds is 2. The molecule has 0 aromatic carbocycles. The Hall–Kier alpha value is -1.26. The van der Waals surface area contributed by atoms with E-state index in [-0.39, 0.29) is 6.02 Å². The van der Waals surface area contributed by atoms with Crippen LogP contribution in [0.4, 0.5) is 0 Å². The highest BCUT2D eigenvalue weighted by Gasteiger charge is 2.02. The van der Waals surface area contributed by atoms with Gasteiger partial charge in [-0.15, -0.1) is 5.10 Å². The van der Waals surface area contributed by atoms with Crippen molar-refractivity contribution in [2.75, 3.05) is 21.2 Å². The molecule has 0 aromatic rings. The third-order valence-electron chi connectivity index (χ3n) is 0.850. The van der Waals surface area contributed by atoms with Crippen molar-refractivity contribution in [3.63, 3.8) is 0 Å². The molecule has 0 radical (unpaired) electrons. The Kier molecular flexibility index (Phi) is 4.02. The summed E-state index contributed by atoms with van der Waals surface area (Å²) in [7, 11) is 4.61. The molecule has 0 heterocycles. The lowest BCUT2D eigenvalue weighted by Crippen LogP contribution is -2.28. The predicted molar refractivity (Wildman–Crippen MR) is 37.3 cm³/mol. The molecule has 0 saturated heterocycles. The zero-order valence-electron chi connectivity index (χ0n) is 6.29. The molecule has 1 N–H and O–H groups in total. The van der Waals surface area contributed by atoms with Gasteiger partial charge in [0.2, 0.25) is 6.41 Å². The summed E-state index contributed by atoms with van der Waals surface area (Å²) in [5.41, 5.74) is 2.50. The van der Waals surface area contributed by atoms with Crippen LogP contribution < -0.4 is 5.43 Å². The summed E-state index contributed by atoms with van der Waals surface area (Å²) in [5, 5.41) is 3.65. The Morgan fingerprint density at radius 3 is 2.70 bits per heavy atom. The van der Waals surface area contributed by atoms with Crippen LogP contribution >= 0.6 is 0 Å². The zero-order chi connectivity index (χ0) is 7.98. The highest BCUT2D eigenvalue weighted by atomic mass is 16.5. The molecule has 1 amide bonds. The number of hydrogen-bond donors (Lipinski definition) is 1. The van der Waals surface area contributed by atoms with Gasteiger partial charge in [-0.2, -0.15) is 0 Å². The number of carbonyl (C=O) groups excluding carboxylic acids is 1. The van der Waals surface area contributed by atoms with Crippen molar-refractivity contribution in [2.45, 2.75) is 0 Å². The van der Waals surface area contributed by atoms with Gasteiger partial charge in [-0.25, -0.2) is 0 Å². The van der Waals surface area contributed by atoms with Gasteiger partial charge in [0.05, 0.1) is 7.11 Å². The first-order chi connectivity index (χ1) is 4.76. The number of methoxy groups -OCH3 is 1. The van der Waals surface area contributed by atoms with E-state index in [4.69, 9.17) is 4.74 Å². The van der Waals surface area contributed by atoms with Gasteiger partial charge < -0.3 is 10.2 Å². The number of ether oxygens (including phenoxy) is 1. The van der Waals surface area contributed by atoms with Gasteiger partial charge in [-0.1, -0.05) is 0 Å². The van der Waals surface area contributed by atoms with Crippen LogP contribution in [0.2, 0.25) is 0 Å². The van der Waals surface area contributed by atoms with Gasteiger partial charge in [-0.05, 0) is 0 Å². The molecule has 0 aliphatic carbocycles. The fourth-order valence-corrected chi connectivity index (χ4v) is 0.409. The van der Waals surface area contributed by atoms with Crippen LogP contribution in [0.25, 0.3) is 0 Å². The van der Waals surface area contributed by atoms with Gasteiger partial charge in [0.15, 0.2) is 0 Å². The summed E-state index contributed by atoms with van der Waals surface area (Å²) in [6, 6.07) is 0.234. The van der Waals surface area contributed by atoms with Crippen LogP contribution in [0.3, 0.4) is 0 Å². The summed E-state index contributed by atoms with van der Waals surface area (Å²) in [6.45, 7) is 0. The fraction of sp³-hybridized carbons (Fsp3) is 0.600. The van der Waals surface area contributed by atoms with Crippen molar-refractivity contribution in [2.24, 2.45) is 5.10 Å². The van der Waals surface area contributed by atoms with Crippen molar-refractivity contribution in [3.8, 4) is 0 Å². The van der Waals surface area contributed by atoms with Crippen molar-refractivity contribution in [1.29, 1.82) is 0 Å². The molecule has 0 rings (SSSR count). The molecule has 0 fully saturated rings. The third-order valence-corrected chi connectivity index (χ3v) is 0.850. The second-order valence-corrected chi connectivity index (χ2v) is 1.54. The van der Waals surface area contributed by atoms with Crippen molar-refractivity contribution < 1.29 is 9.53 Å². The minimum absolute atomic E-state index is 0.234. The minimum Gasteiger partial charge on any atom is -0.467 e. The van der Waals surface area contributed by atoms with Gasteiger partial charge >= 0.3 is 6.02 Å². The number of nitrogens with one attached hydrogen (secondary N) is 1. The fourth-order valence-electron chi connectivity index (χ4n) is 0.409. The lowest BCUT2D eigenvalue weighted by Gasteiger charge is -2.10. The van der Waals surface area contributed by atoms with E-state index >= 15 is 0 Å². The summed E-state index contributed by atoms with van der Waals surface area (Å²) in [6.07, 6.45) is 0.611. The molecule has 5 nitrogen and oxygen atoms in total. The number of hydrazone groups is 1. The Morgan fingerprint density at radius 2 is 2.40 bits per heavy atom. The number of nitrogens with zero attached hydrogens (tertiary/aromatic N) is 2. The van der Waals surface area contributed by atoms with E-state index < -0.39 is 0 Å². The molecule has 0 aliphatic heterocycles. The largest absolute Gasteiger partial charge is 0.467 e. The lowest BCUT2D eigenvalue weighted by atomic mass is 10.9. The lowest BCUT2D eigenvalue weighted by molar-refractivity contribution is -0.114. The molecule has 58 valence electrons. The normalized spacial score (nSPS) is 10.5. The first-order valence-corrected chi connectivity index (χ1v) is 2.72. The van der Waals surface area contributed by atoms with E-state index in [2.05, 4.69) is 10.5 Å². The SMILES string of the molecule is CN/N=C(/OC)N(C)C=O. The highest BCUT2D eigenvalue weighted by Crippen LogP contribution is 1.81. The van der Waals surface area contributed by atoms with Crippen LogP contribution in [0.1, 0.15) is 0 Å². The number of hydrogen-bond acceptors (Lipinski definition) is 4.